The standard InChI is InChI=1S/C15H11BrN4O2/c16-12-3-1-10(2-4-12)13-9-11(5-6-17)14(20(21)22)15-18-7-8-19(13)15/h1-5,9,18H,7-8H2/b11-5+. The second-order valence-corrected chi connectivity index (χ2v) is 5.71. The van der Waals surface area contributed by atoms with Crippen molar-refractivity contribution in [2.24, 2.45) is 0 Å². The summed E-state index contributed by atoms with van der Waals surface area (Å²) >= 11 is 3.39. The number of rotatable bonds is 2. The van der Waals surface area contributed by atoms with Crippen molar-refractivity contribution in [2.45, 2.75) is 0 Å². The summed E-state index contributed by atoms with van der Waals surface area (Å²) in [4.78, 5) is 12.8. The maximum absolute atomic E-state index is 11.4. The van der Waals surface area contributed by atoms with Gasteiger partial charge in [-0.05, 0) is 23.8 Å². The molecule has 0 radical (unpaired) electrons. The highest BCUT2D eigenvalue weighted by molar-refractivity contribution is 9.10. The number of hydrogen-bond donors (Lipinski definition) is 1. The average Bonchev–Trinajstić information content (AvgIpc) is 2.96. The Bertz CT molecular complexity index is 772. The van der Waals surface area contributed by atoms with Crippen molar-refractivity contribution in [2.75, 3.05) is 13.1 Å². The van der Waals surface area contributed by atoms with E-state index >= 15 is 0 Å². The van der Waals surface area contributed by atoms with Gasteiger partial charge in [0.1, 0.15) is 0 Å². The van der Waals surface area contributed by atoms with Crippen LogP contribution in [0.25, 0.3) is 5.70 Å². The van der Waals surface area contributed by atoms with Crippen LogP contribution in [0.4, 0.5) is 0 Å². The van der Waals surface area contributed by atoms with Crippen molar-refractivity contribution < 1.29 is 4.92 Å². The van der Waals surface area contributed by atoms with E-state index in [9.17, 15) is 10.1 Å². The Kier molecular flexibility index (Phi) is 3.69. The molecule has 0 aliphatic carbocycles. The van der Waals surface area contributed by atoms with Crippen molar-refractivity contribution in [3.63, 3.8) is 0 Å². The molecule has 0 spiro atoms. The summed E-state index contributed by atoms with van der Waals surface area (Å²) in [5.41, 5.74) is 2.04. The van der Waals surface area contributed by atoms with E-state index in [0.717, 1.165) is 15.7 Å². The van der Waals surface area contributed by atoms with Gasteiger partial charge in [0.25, 0.3) is 0 Å². The van der Waals surface area contributed by atoms with Crippen LogP contribution >= 0.6 is 15.9 Å². The van der Waals surface area contributed by atoms with Crippen molar-refractivity contribution in [3.8, 4) is 6.07 Å². The number of nitrogens with one attached hydrogen (secondary N) is 1. The Balaban J connectivity index is 2.15. The number of nitro groups is 1. The van der Waals surface area contributed by atoms with E-state index in [1.807, 2.05) is 35.2 Å². The fourth-order valence-corrected chi connectivity index (χ4v) is 2.87. The van der Waals surface area contributed by atoms with Crippen LogP contribution in [0.3, 0.4) is 0 Å². The first kappa shape index (κ1) is 14.4. The van der Waals surface area contributed by atoms with Crippen LogP contribution in [0.15, 0.2) is 58.0 Å². The van der Waals surface area contributed by atoms with Gasteiger partial charge < -0.3 is 10.2 Å². The van der Waals surface area contributed by atoms with Crippen LogP contribution in [0.2, 0.25) is 0 Å². The second-order valence-electron chi connectivity index (χ2n) is 4.80. The molecule has 0 atom stereocenters. The highest BCUT2D eigenvalue weighted by Gasteiger charge is 2.36. The average molecular weight is 359 g/mol. The van der Waals surface area contributed by atoms with Crippen LogP contribution < -0.4 is 5.32 Å². The van der Waals surface area contributed by atoms with Crippen LogP contribution in [-0.2, 0) is 0 Å². The molecule has 1 aromatic rings. The molecule has 0 aromatic heterocycles. The van der Waals surface area contributed by atoms with Gasteiger partial charge in [0, 0.05) is 23.6 Å². The third kappa shape index (κ3) is 2.38. The fraction of sp³-hybridized carbons (Fsp3) is 0.133. The maximum Gasteiger partial charge on any atom is 0.317 e. The third-order valence-electron chi connectivity index (χ3n) is 3.52. The molecule has 1 fully saturated rings. The van der Waals surface area contributed by atoms with Gasteiger partial charge in [-0.25, -0.2) is 0 Å². The second kappa shape index (κ2) is 5.66. The Morgan fingerprint density at radius 3 is 2.77 bits per heavy atom. The van der Waals surface area contributed by atoms with Gasteiger partial charge in [0.05, 0.1) is 22.3 Å². The van der Waals surface area contributed by atoms with Gasteiger partial charge in [-0.15, -0.1) is 0 Å². The number of hydrogen-bond acceptors (Lipinski definition) is 5. The number of nitrogens with zero attached hydrogens (tertiary/aromatic N) is 3. The number of benzene rings is 1. The number of allylic oxidation sites excluding steroid dienone is 2. The first-order valence-electron chi connectivity index (χ1n) is 6.59. The molecule has 1 aromatic carbocycles. The van der Waals surface area contributed by atoms with E-state index in [1.165, 1.54) is 6.08 Å². The first-order chi connectivity index (χ1) is 10.6. The summed E-state index contributed by atoms with van der Waals surface area (Å²) in [5, 5.41) is 23.3. The first-order valence-corrected chi connectivity index (χ1v) is 7.39. The summed E-state index contributed by atoms with van der Waals surface area (Å²) in [5.74, 6) is 0.451. The molecular formula is C15H11BrN4O2. The maximum atomic E-state index is 11.4. The molecule has 6 nitrogen and oxygen atoms in total. The Morgan fingerprint density at radius 2 is 2.14 bits per heavy atom. The number of nitriles is 1. The Morgan fingerprint density at radius 1 is 1.41 bits per heavy atom. The van der Waals surface area contributed by atoms with E-state index in [0.29, 0.717) is 24.5 Å². The van der Waals surface area contributed by atoms with Crippen LogP contribution in [-0.4, -0.2) is 22.9 Å². The molecule has 22 heavy (non-hydrogen) atoms. The molecule has 110 valence electrons. The van der Waals surface area contributed by atoms with Gasteiger partial charge in [-0.2, -0.15) is 5.26 Å². The summed E-state index contributed by atoms with van der Waals surface area (Å²) in [7, 11) is 0. The van der Waals surface area contributed by atoms with Crippen molar-refractivity contribution in [1.29, 1.82) is 5.26 Å². The molecule has 0 unspecified atom stereocenters. The molecule has 0 amide bonds. The van der Waals surface area contributed by atoms with Crippen LogP contribution in [0.5, 0.6) is 0 Å². The molecule has 3 rings (SSSR count). The van der Waals surface area contributed by atoms with E-state index in [4.69, 9.17) is 5.26 Å². The van der Waals surface area contributed by atoms with Gasteiger partial charge >= 0.3 is 5.70 Å². The highest BCUT2D eigenvalue weighted by Crippen LogP contribution is 2.35. The van der Waals surface area contributed by atoms with Crippen molar-refractivity contribution >= 4 is 21.6 Å². The van der Waals surface area contributed by atoms with Crippen molar-refractivity contribution in [1.82, 2.24) is 10.2 Å². The summed E-state index contributed by atoms with van der Waals surface area (Å²) < 4.78 is 0.960. The lowest BCUT2D eigenvalue weighted by atomic mass is 10.0. The normalized spacial score (nSPS) is 18.6. The van der Waals surface area contributed by atoms with E-state index in [2.05, 4.69) is 21.2 Å². The molecule has 7 heteroatoms. The third-order valence-corrected chi connectivity index (χ3v) is 4.05. The largest absolute Gasteiger partial charge is 0.364 e. The highest BCUT2D eigenvalue weighted by atomic mass is 79.9. The minimum atomic E-state index is -0.446. The smallest absolute Gasteiger partial charge is 0.317 e. The zero-order valence-electron chi connectivity index (χ0n) is 11.4. The number of fused-ring (bicyclic) bond motifs is 1. The van der Waals surface area contributed by atoms with Gasteiger partial charge in [-0.1, -0.05) is 28.1 Å². The van der Waals surface area contributed by atoms with E-state index in [1.54, 1.807) is 6.08 Å². The Hall–Kier alpha value is -2.59. The van der Waals surface area contributed by atoms with E-state index < -0.39 is 4.92 Å². The van der Waals surface area contributed by atoms with Crippen LogP contribution in [0, 0.1) is 21.4 Å². The minimum absolute atomic E-state index is 0.0556. The van der Waals surface area contributed by atoms with Crippen molar-refractivity contribution in [3.05, 3.63) is 73.7 Å². The zero-order valence-corrected chi connectivity index (χ0v) is 13.0. The molecule has 1 N–H and O–H groups in total. The van der Waals surface area contributed by atoms with Gasteiger partial charge in [0.15, 0.2) is 5.82 Å². The Labute approximate surface area is 135 Å². The quantitative estimate of drug-likeness (QED) is 0.499. The predicted octanol–water partition coefficient (Wildman–Crippen LogP) is 2.60. The fourth-order valence-electron chi connectivity index (χ4n) is 2.61. The zero-order chi connectivity index (χ0) is 15.7. The minimum Gasteiger partial charge on any atom is -0.364 e. The summed E-state index contributed by atoms with van der Waals surface area (Å²) in [6.45, 7) is 1.27. The topological polar surface area (TPSA) is 82.2 Å². The summed E-state index contributed by atoms with van der Waals surface area (Å²) in [6.07, 6.45) is 2.91. The molecule has 0 bridgehead atoms. The lowest BCUT2D eigenvalue weighted by molar-refractivity contribution is -0.422. The van der Waals surface area contributed by atoms with E-state index in [-0.39, 0.29) is 5.70 Å². The molecule has 0 saturated carbocycles. The summed E-state index contributed by atoms with van der Waals surface area (Å²) in [6, 6.07) is 9.59. The molecule has 2 aliphatic heterocycles. The monoisotopic (exact) mass is 358 g/mol. The number of halogens is 1. The molecule has 2 heterocycles. The van der Waals surface area contributed by atoms with Gasteiger partial charge in [0.2, 0.25) is 0 Å². The van der Waals surface area contributed by atoms with Gasteiger partial charge in [-0.3, -0.25) is 10.1 Å². The molecule has 1 saturated heterocycles. The van der Waals surface area contributed by atoms with Crippen LogP contribution in [0.1, 0.15) is 5.56 Å². The lowest BCUT2D eigenvalue weighted by Gasteiger charge is -2.26. The molecule has 2 aliphatic rings. The predicted molar refractivity (Wildman–Crippen MR) is 84.5 cm³/mol. The SMILES string of the molecule is N#C/C=C1\C=C(c2ccc(Br)cc2)N2CCNC2=C1[N+](=O)[O-]. The lowest BCUT2D eigenvalue weighted by Crippen LogP contribution is -2.27. The molecular weight excluding hydrogens is 348 g/mol.